The lowest BCUT2D eigenvalue weighted by atomic mass is 9.86. The summed E-state index contributed by atoms with van der Waals surface area (Å²) in [5, 5.41) is 17.7. The minimum atomic E-state index is -0.582. The predicted molar refractivity (Wildman–Crippen MR) is 75.6 cm³/mol. The molecule has 0 amide bonds. The second-order valence-electron chi connectivity index (χ2n) is 5.81. The highest BCUT2D eigenvalue weighted by molar-refractivity contribution is 5.70. The summed E-state index contributed by atoms with van der Waals surface area (Å²) in [6, 6.07) is 2.16. The van der Waals surface area contributed by atoms with Crippen molar-refractivity contribution >= 4 is 5.97 Å². The molecular formula is C16H27NO2. The van der Waals surface area contributed by atoms with Gasteiger partial charge in [-0.2, -0.15) is 5.26 Å². The average Bonchev–Trinajstić information content (AvgIpc) is 2.90. The van der Waals surface area contributed by atoms with Gasteiger partial charge < -0.3 is 5.11 Å². The fourth-order valence-corrected chi connectivity index (χ4v) is 3.20. The number of unbranched alkanes of at least 4 members (excludes halogenated alkanes) is 6. The van der Waals surface area contributed by atoms with Gasteiger partial charge in [0.2, 0.25) is 0 Å². The Hall–Kier alpha value is -1.04. The summed E-state index contributed by atoms with van der Waals surface area (Å²) < 4.78 is 0. The van der Waals surface area contributed by atoms with E-state index in [2.05, 4.69) is 6.07 Å². The Bertz CT molecular complexity index is 290. The van der Waals surface area contributed by atoms with Crippen molar-refractivity contribution in [1.82, 2.24) is 0 Å². The van der Waals surface area contributed by atoms with Crippen LogP contribution in [0.5, 0.6) is 0 Å². The van der Waals surface area contributed by atoms with E-state index in [0.717, 1.165) is 44.9 Å². The van der Waals surface area contributed by atoms with E-state index in [0.29, 0.717) is 12.3 Å². The van der Waals surface area contributed by atoms with Gasteiger partial charge in [0.25, 0.3) is 0 Å². The van der Waals surface area contributed by atoms with Gasteiger partial charge in [-0.15, -0.1) is 0 Å². The van der Waals surface area contributed by atoms with Crippen LogP contribution in [0.4, 0.5) is 0 Å². The maximum Gasteiger partial charge on any atom is 0.306 e. The molecule has 1 fully saturated rings. The van der Waals surface area contributed by atoms with E-state index in [1.54, 1.807) is 0 Å². The minimum absolute atomic E-state index is 0.0962. The van der Waals surface area contributed by atoms with Gasteiger partial charge >= 0.3 is 5.97 Å². The molecule has 0 bridgehead atoms. The summed E-state index contributed by atoms with van der Waals surface area (Å²) in [5.41, 5.74) is 0. The zero-order chi connectivity index (χ0) is 13.9. The van der Waals surface area contributed by atoms with E-state index < -0.39 is 5.97 Å². The SMILES string of the molecule is N#CCCCCCCCC[C@@H](C(=O)O)C1CCCC1. The summed E-state index contributed by atoms with van der Waals surface area (Å²) in [5.74, 6) is -0.241. The van der Waals surface area contributed by atoms with E-state index >= 15 is 0 Å². The minimum Gasteiger partial charge on any atom is -0.481 e. The standard InChI is InChI=1S/C16H27NO2/c17-13-9-5-3-1-2-4-6-12-15(16(18)19)14-10-7-8-11-14/h14-15H,1-12H2,(H,18,19)/t15-/m1/s1. The molecule has 3 nitrogen and oxygen atoms in total. The number of rotatable bonds is 10. The van der Waals surface area contributed by atoms with E-state index in [4.69, 9.17) is 5.26 Å². The summed E-state index contributed by atoms with van der Waals surface area (Å²) in [7, 11) is 0. The third kappa shape index (κ3) is 6.61. The van der Waals surface area contributed by atoms with Crippen LogP contribution < -0.4 is 0 Å². The zero-order valence-corrected chi connectivity index (χ0v) is 11.9. The molecule has 1 atom stereocenters. The molecule has 0 spiro atoms. The molecular weight excluding hydrogens is 238 g/mol. The van der Waals surface area contributed by atoms with Crippen LogP contribution in [0.25, 0.3) is 0 Å². The summed E-state index contributed by atoms with van der Waals surface area (Å²) in [6.45, 7) is 0. The third-order valence-corrected chi connectivity index (χ3v) is 4.34. The Balaban J connectivity index is 2.05. The molecule has 0 aliphatic heterocycles. The first-order valence-electron chi connectivity index (χ1n) is 7.85. The maximum absolute atomic E-state index is 11.3. The Kier molecular flexibility index (Phi) is 8.29. The van der Waals surface area contributed by atoms with Gasteiger partial charge in [-0.3, -0.25) is 4.79 Å². The van der Waals surface area contributed by atoms with Crippen molar-refractivity contribution in [2.75, 3.05) is 0 Å². The molecule has 0 aromatic rings. The highest BCUT2D eigenvalue weighted by Gasteiger charge is 2.29. The molecule has 0 radical (unpaired) electrons. The predicted octanol–water partition coefficient (Wildman–Crippen LogP) is 4.52. The number of carboxylic acid groups (broad SMARTS) is 1. The van der Waals surface area contributed by atoms with Crippen LogP contribution in [0.3, 0.4) is 0 Å². The van der Waals surface area contributed by atoms with Crippen molar-refractivity contribution in [3.05, 3.63) is 0 Å². The topological polar surface area (TPSA) is 61.1 Å². The smallest absolute Gasteiger partial charge is 0.306 e. The zero-order valence-electron chi connectivity index (χ0n) is 11.9. The molecule has 1 N–H and O–H groups in total. The first kappa shape index (κ1) is 16.0. The van der Waals surface area contributed by atoms with E-state index in [9.17, 15) is 9.90 Å². The largest absolute Gasteiger partial charge is 0.481 e. The molecule has 19 heavy (non-hydrogen) atoms. The summed E-state index contributed by atoms with van der Waals surface area (Å²) in [6.07, 6.45) is 12.9. The fraction of sp³-hybridized carbons (Fsp3) is 0.875. The fourth-order valence-electron chi connectivity index (χ4n) is 3.20. The molecule has 1 aliphatic carbocycles. The molecule has 3 heteroatoms. The van der Waals surface area contributed by atoms with E-state index in [1.165, 1.54) is 25.7 Å². The van der Waals surface area contributed by atoms with Crippen molar-refractivity contribution in [3.63, 3.8) is 0 Å². The van der Waals surface area contributed by atoms with Crippen molar-refractivity contribution in [1.29, 1.82) is 5.26 Å². The van der Waals surface area contributed by atoms with Crippen molar-refractivity contribution in [3.8, 4) is 6.07 Å². The molecule has 0 heterocycles. The molecule has 0 unspecified atom stereocenters. The lowest BCUT2D eigenvalue weighted by molar-refractivity contribution is -0.144. The normalized spacial score (nSPS) is 17.2. The van der Waals surface area contributed by atoms with Crippen LogP contribution in [-0.2, 0) is 4.79 Å². The molecule has 0 aromatic heterocycles. The second-order valence-corrected chi connectivity index (χ2v) is 5.81. The summed E-state index contributed by atoms with van der Waals surface area (Å²) in [4.78, 5) is 11.3. The van der Waals surface area contributed by atoms with Gasteiger partial charge in [0.05, 0.1) is 12.0 Å². The monoisotopic (exact) mass is 265 g/mol. The molecule has 0 aromatic carbocycles. The highest BCUT2D eigenvalue weighted by atomic mass is 16.4. The quantitative estimate of drug-likeness (QED) is 0.591. The van der Waals surface area contributed by atoms with Crippen LogP contribution in [0.15, 0.2) is 0 Å². The summed E-state index contributed by atoms with van der Waals surface area (Å²) >= 11 is 0. The van der Waals surface area contributed by atoms with Crippen LogP contribution in [0.1, 0.15) is 77.0 Å². The van der Waals surface area contributed by atoms with Crippen molar-refractivity contribution in [2.45, 2.75) is 77.0 Å². The number of nitriles is 1. The van der Waals surface area contributed by atoms with Gasteiger partial charge in [-0.05, 0) is 31.6 Å². The lowest BCUT2D eigenvalue weighted by Crippen LogP contribution is -2.21. The van der Waals surface area contributed by atoms with Crippen LogP contribution in [0, 0.1) is 23.2 Å². The molecule has 1 aliphatic rings. The Labute approximate surface area is 117 Å². The first-order valence-corrected chi connectivity index (χ1v) is 7.85. The molecule has 1 saturated carbocycles. The van der Waals surface area contributed by atoms with Crippen molar-refractivity contribution < 1.29 is 9.90 Å². The second kappa shape index (κ2) is 9.83. The molecule has 0 saturated heterocycles. The highest BCUT2D eigenvalue weighted by Crippen LogP contribution is 2.34. The van der Waals surface area contributed by atoms with Crippen molar-refractivity contribution in [2.24, 2.45) is 11.8 Å². The van der Waals surface area contributed by atoms with Gasteiger partial charge in [0, 0.05) is 6.42 Å². The van der Waals surface area contributed by atoms with Gasteiger partial charge in [0.15, 0.2) is 0 Å². The number of nitrogens with zero attached hydrogens (tertiary/aromatic N) is 1. The number of hydrogen-bond donors (Lipinski definition) is 1. The maximum atomic E-state index is 11.3. The number of aliphatic carboxylic acids is 1. The lowest BCUT2D eigenvalue weighted by Gasteiger charge is -2.18. The average molecular weight is 265 g/mol. The van der Waals surface area contributed by atoms with Gasteiger partial charge in [-0.1, -0.05) is 44.9 Å². The number of carbonyl (C=O) groups is 1. The third-order valence-electron chi connectivity index (χ3n) is 4.34. The number of hydrogen-bond acceptors (Lipinski definition) is 2. The molecule has 108 valence electrons. The van der Waals surface area contributed by atoms with Gasteiger partial charge in [0.1, 0.15) is 0 Å². The Morgan fingerprint density at radius 2 is 1.68 bits per heavy atom. The first-order chi connectivity index (χ1) is 9.25. The molecule has 1 rings (SSSR count). The Morgan fingerprint density at radius 1 is 1.11 bits per heavy atom. The number of carboxylic acids is 1. The van der Waals surface area contributed by atoms with Crippen LogP contribution in [-0.4, -0.2) is 11.1 Å². The van der Waals surface area contributed by atoms with Crippen LogP contribution in [0.2, 0.25) is 0 Å². The van der Waals surface area contributed by atoms with E-state index in [1.807, 2.05) is 0 Å². The Morgan fingerprint density at radius 3 is 2.26 bits per heavy atom. The van der Waals surface area contributed by atoms with Gasteiger partial charge in [-0.25, -0.2) is 0 Å². The van der Waals surface area contributed by atoms with E-state index in [-0.39, 0.29) is 5.92 Å². The van der Waals surface area contributed by atoms with Crippen LogP contribution >= 0.6 is 0 Å².